The second-order valence-electron chi connectivity index (χ2n) is 6.64. The Hall–Kier alpha value is -3.40. The van der Waals surface area contributed by atoms with Crippen LogP contribution in [0, 0.1) is 0 Å². The largest absolute Gasteiger partial charge is 0.472 e. The molecule has 0 fully saturated rings. The predicted molar refractivity (Wildman–Crippen MR) is 106 cm³/mol. The van der Waals surface area contributed by atoms with E-state index in [9.17, 15) is 0 Å². The van der Waals surface area contributed by atoms with E-state index in [0.717, 1.165) is 29.5 Å². The molecule has 1 atom stereocenters. The summed E-state index contributed by atoms with van der Waals surface area (Å²) >= 11 is 0. The number of aliphatic imine (C=N–C) groups is 1. The number of hydrogen-bond donors (Lipinski definition) is 0. The summed E-state index contributed by atoms with van der Waals surface area (Å²) in [4.78, 5) is 11.5. The fourth-order valence-corrected chi connectivity index (χ4v) is 3.68. The molecule has 0 saturated carbocycles. The molecule has 2 aliphatic rings. The van der Waals surface area contributed by atoms with Crippen LogP contribution in [0.4, 0.5) is 0 Å². The molecule has 4 nitrogen and oxygen atoms in total. The van der Waals surface area contributed by atoms with E-state index in [-0.39, 0.29) is 6.04 Å². The molecule has 132 valence electrons. The third-order valence-electron chi connectivity index (χ3n) is 4.95. The second-order valence-corrected chi connectivity index (χ2v) is 6.64. The van der Waals surface area contributed by atoms with Crippen LogP contribution in [0.3, 0.4) is 0 Å². The van der Waals surface area contributed by atoms with E-state index in [1.807, 2.05) is 36.4 Å². The molecule has 0 spiro atoms. The van der Waals surface area contributed by atoms with Crippen molar-refractivity contribution in [2.24, 2.45) is 4.99 Å². The Morgan fingerprint density at radius 2 is 1.74 bits per heavy atom. The van der Waals surface area contributed by atoms with Crippen LogP contribution in [0.25, 0.3) is 6.08 Å². The summed E-state index contributed by atoms with van der Waals surface area (Å²) in [5.41, 5.74) is 4.49. The van der Waals surface area contributed by atoms with Crippen LogP contribution in [0.15, 0.2) is 89.9 Å². The molecule has 3 aromatic rings. The molecule has 3 heterocycles. The first-order valence-electron chi connectivity index (χ1n) is 9.12. The predicted octanol–water partition coefficient (Wildman–Crippen LogP) is 4.41. The van der Waals surface area contributed by atoms with Gasteiger partial charge < -0.3 is 4.74 Å². The van der Waals surface area contributed by atoms with Crippen LogP contribution in [-0.2, 0) is 11.3 Å². The number of aromatic nitrogens is 1. The zero-order valence-corrected chi connectivity index (χ0v) is 14.8. The highest BCUT2D eigenvalue weighted by Gasteiger charge is 2.37. The Labute approximate surface area is 158 Å². The first-order valence-corrected chi connectivity index (χ1v) is 9.12. The molecular formula is C23H19N3O. The number of fused-ring (bicyclic) bond motifs is 3. The van der Waals surface area contributed by atoms with Crippen LogP contribution >= 0.6 is 0 Å². The molecule has 5 rings (SSSR count). The number of hydrogen-bond acceptors (Lipinski definition) is 4. The van der Waals surface area contributed by atoms with E-state index in [4.69, 9.17) is 9.73 Å². The summed E-state index contributed by atoms with van der Waals surface area (Å²) < 4.78 is 6.24. The molecule has 27 heavy (non-hydrogen) atoms. The van der Waals surface area contributed by atoms with E-state index in [1.165, 1.54) is 11.1 Å². The van der Waals surface area contributed by atoms with Gasteiger partial charge in [0, 0.05) is 17.8 Å². The molecule has 0 bridgehead atoms. The van der Waals surface area contributed by atoms with Gasteiger partial charge in [0.15, 0.2) is 5.88 Å². The van der Waals surface area contributed by atoms with E-state index in [0.29, 0.717) is 6.61 Å². The topological polar surface area (TPSA) is 37.7 Å². The molecule has 1 unspecified atom stereocenters. The Balaban J connectivity index is 1.52. The van der Waals surface area contributed by atoms with Crippen molar-refractivity contribution in [1.29, 1.82) is 0 Å². The standard InChI is InChI=1S/C23H19N3O/c1-2-8-17(9-3-1)23-25-15-21-20-12-5-4-10-18(20)14-22(26(21)23)27-16-19-11-6-7-13-24-19/h1-14,21H,15-16H2. The molecule has 0 N–H and O–H groups in total. The lowest BCUT2D eigenvalue weighted by Gasteiger charge is -2.34. The number of amidine groups is 1. The molecule has 0 saturated heterocycles. The van der Waals surface area contributed by atoms with Crippen molar-refractivity contribution in [2.45, 2.75) is 12.6 Å². The number of rotatable bonds is 4. The highest BCUT2D eigenvalue weighted by atomic mass is 16.5. The summed E-state index contributed by atoms with van der Waals surface area (Å²) in [5.74, 6) is 1.78. The van der Waals surface area contributed by atoms with Gasteiger partial charge in [0.2, 0.25) is 0 Å². The summed E-state index contributed by atoms with van der Waals surface area (Å²) in [6.45, 7) is 1.16. The fraction of sp³-hybridized carbons (Fsp3) is 0.130. The SMILES string of the molecule is C1=C(OCc2ccccn2)N2C(c3ccccc3)=NCC2c2ccccc21. The van der Waals surface area contributed by atoms with Crippen molar-refractivity contribution in [3.05, 3.63) is 107 Å². The first kappa shape index (κ1) is 15.8. The maximum absolute atomic E-state index is 6.24. The van der Waals surface area contributed by atoms with Crippen molar-refractivity contribution < 1.29 is 4.74 Å². The number of ether oxygens (including phenoxy) is 1. The van der Waals surface area contributed by atoms with Gasteiger partial charge in [-0.2, -0.15) is 0 Å². The Kier molecular flexibility index (Phi) is 3.94. The van der Waals surface area contributed by atoms with Gasteiger partial charge in [-0.25, -0.2) is 0 Å². The van der Waals surface area contributed by atoms with E-state index < -0.39 is 0 Å². The van der Waals surface area contributed by atoms with Crippen molar-refractivity contribution in [1.82, 2.24) is 9.88 Å². The average molecular weight is 353 g/mol. The third kappa shape index (κ3) is 2.89. The summed E-state index contributed by atoms with van der Waals surface area (Å²) in [7, 11) is 0. The highest BCUT2D eigenvalue weighted by Crippen LogP contribution is 2.39. The lowest BCUT2D eigenvalue weighted by Crippen LogP contribution is -2.34. The molecule has 0 aliphatic carbocycles. The summed E-state index contributed by atoms with van der Waals surface area (Å²) in [6, 6.07) is 24.8. The quantitative estimate of drug-likeness (QED) is 0.697. The van der Waals surface area contributed by atoms with Gasteiger partial charge in [0.25, 0.3) is 0 Å². The number of benzene rings is 2. The Bertz CT molecular complexity index is 1010. The first-order chi connectivity index (χ1) is 13.4. The molecule has 2 aromatic carbocycles. The molecule has 0 radical (unpaired) electrons. The van der Waals surface area contributed by atoms with Crippen molar-refractivity contribution in [3.63, 3.8) is 0 Å². The minimum atomic E-state index is 0.167. The van der Waals surface area contributed by atoms with Crippen LogP contribution in [0.2, 0.25) is 0 Å². The van der Waals surface area contributed by atoms with E-state index >= 15 is 0 Å². The minimum absolute atomic E-state index is 0.167. The van der Waals surface area contributed by atoms with Crippen molar-refractivity contribution in [2.75, 3.05) is 6.54 Å². The third-order valence-corrected chi connectivity index (χ3v) is 4.95. The number of nitrogens with zero attached hydrogens (tertiary/aromatic N) is 3. The lowest BCUT2D eigenvalue weighted by molar-refractivity contribution is 0.123. The van der Waals surface area contributed by atoms with Crippen molar-refractivity contribution in [3.8, 4) is 0 Å². The van der Waals surface area contributed by atoms with Crippen LogP contribution in [0.5, 0.6) is 0 Å². The smallest absolute Gasteiger partial charge is 0.196 e. The molecular weight excluding hydrogens is 334 g/mol. The summed E-state index contributed by atoms with van der Waals surface area (Å²) in [6.07, 6.45) is 3.90. The lowest BCUT2D eigenvalue weighted by atomic mass is 9.96. The normalized spacial score (nSPS) is 17.6. The van der Waals surface area contributed by atoms with E-state index in [2.05, 4.69) is 52.4 Å². The Morgan fingerprint density at radius 1 is 0.926 bits per heavy atom. The minimum Gasteiger partial charge on any atom is -0.472 e. The second kappa shape index (κ2) is 6.72. The molecule has 4 heteroatoms. The molecule has 2 aliphatic heterocycles. The monoisotopic (exact) mass is 353 g/mol. The zero-order chi connectivity index (χ0) is 18.1. The van der Waals surface area contributed by atoms with Crippen LogP contribution < -0.4 is 0 Å². The van der Waals surface area contributed by atoms with Gasteiger partial charge in [-0.15, -0.1) is 0 Å². The zero-order valence-electron chi connectivity index (χ0n) is 14.8. The van der Waals surface area contributed by atoms with Gasteiger partial charge in [-0.05, 0) is 23.3 Å². The van der Waals surface area contributed by atoms with E-state index in [1.54, 1.807) is 6.20 Å². The van der Waals surface area contributed by atoms with Gasteiger partial charge >= 0.3 is 0 Å². The van der Waals surface area contributed by atoms with Gasteiger partial charge in [-0.3, -0.25) is 14.9 Å². The van der Waals surface area contributed by atoms with Crippen molar-refractivity contribution >= 4 is 11.9 Å². The average Bonchev–Trinajstić information content (AvgIpc) is 3.19. The van der Waals surface area contributed by atoms with Gasteiger partial charge in [0.1, 0.15) is 12.4 Å². The van der Waals surface area contributed by atoms with Crippen LogP contribution in [-0.4, -0.2) is 22.3 Å². The highest BCUT2D eigenvalue weighted by molar-refractivity contribution is 6.02. The fourth-order valence-electron chi connectivity index (χ4n) is 3.68. The van der Waals surface area contributed by atoms with Gasteiger partial charge in [0.05, 0.1) is 18.3 Å². The van der Waals surface area contributed by atoms with Crippen LogP contribution in [0.1, 0.15) is 28.4 Å². The number of pyridine rings is 1. The summed E-state index contributed by atoms with van der Waals surface area (Å²) in [5, 5.41) is 0. The molecule has 0 amide bonds. The molecule has 1 aromatic heterocycles. The maximum Gasteiger partial charge on any atom is 0.196 e. The Morgan fingerprint density at radius 3 is 2.59 bits per heavy atom. The maximum atomic E-state index is 6.24. The van der Waals surface area contributed by atoms with Gasteiger partial charge in [-0.1, -0.05) is 60.7 Å².